The predicted octanol–water partition coefficient (Wildman–Crippen LogP) is 1.91. The van der Waals surface area contributed by atoms with Crippen LogP contribution < -0.4 is 5.73 Å². The van der Waals surface area contributed by atoms with Crippen LogP contribution in [0.1, 0.15) is 11.5 Å². The highest BCUT2D eigenvalue weighted by molar-refractivity contribution is 9.10. The molecule has 0 saturated heterocycles. The van der Waals surface area contributed by atoms with Crippen molar-refractivity contribution >= 4 is 21.4 Å². The molecule has 0 aliphatic carbocycles. The van der Waals surface area contributed by atoms with Crippen molar-refractivity contribution in [3.8, 4) is 0 Å². The predicted molar refractivity (Wildman–Crippen MR) is 60.4 cm³/mol. The number of halogens is 1. The van der Waals surface area contributed by atoms with Gasteiger partial charge in [0.2, 0.25) is 0 Å². The van der Waals surface area contributed by atoms with Gasteiger partial charge in [-0.2, -0.15) is 0 Å². The quantitative estimate of drug-likeness (QED) is 0.889. The highest BCUT2D eigenvalue weighted by Gasteiger charge is 2.06. The second kappa shape index (κ2) is 3.71. The van der Waals surface area contributed by atoms with Crippen LogP contribution in [0, 0.1) is 6.92 Å². The lowest BCUT2D eigenvalue weighted by Crippen LogP contribution is -2.03. The monoisotopic (exact) mass is 253 g/mol. The van der Waals surface area contributed by atoms with E-state index < -0.39 is 0 Å². The van der Waals surface area contributed by atoms with Gasteiger partial charge in [-0.15, -0.1) is 0 Å². The SMILES string of the molecule is Cc1nc(CCN)c2ccc(Br)cn12. The van der Waals surface area contributed by atoms with E-state index >= 15 is 0 Å². The summed E-state index contributed by atoms with van der Waals surface area (Å²) in [6.07, 6.45) is 2.86. The van der Waals surface area contributed by atoms with E-state index in [1.807, 2.05) is 19.2 Å². The zero-order chi connectivity index (χ0) is 10.1. The van der Waals surface area contributed by atoms with Crippen LogP contribution in [0.15, 0.2) is 22.8 Å². The maximum absolute atomic E-state index is 5.53. The molecule has 0 atom stereocenters. The molecule has 0 aliphatic rings. The van der Waals surface area contributed by atoms with Gasteiger partial charge in [-0.1, -0.05) is 0 Å². The molecule has 0 amide bonds. The van der Waals surface area contributed by atoms with Crippen LogP contribution in [0.2, 0.25) is 0 Å². The van der Waals surface area contributed by atoms with Crippen LogP contribution in [-0.2, 0) is 6.42 Å². The Labute approximate surface area is 91.1 Å². The molecule has 3 nitrogen and oxygen atoms in total. The average Bonchev–Trinajstić information content (AvgIpc) is 2.44. The van der Waals surface area contributed by atoms with Crippen molar-refractivity contribution in [1.82, 2.24) is 9.38 Å². The van der Waals surface area contributed by atoms with Crippen LogP contribution in [0.5, 0.6) is 0 Å². The van der Waals surface area contributed by atoms with Gasteiger partial charge < -0.3 is 10.1 Å². The standard InChI is InChI=1S/C10H12BrN3/c1-7-13-9(4-5-12)10-3-2-8(11)6-14(7)10/h2-3,6H,4-5,12H2,1H3. The van der Waals surface area contributed by atoms with Gasteiger partial charge in [-0.3, -0.25) is 0 Å². The van der Waals surface area contributed by atoms with Gasteiger partial charge in [0.15, 0.2) is 0 Å². The van der Waals surface area contributed by atoms with Crippen LogP contribution in [-0.4, -0.2) is 15.9 Å². The maximum atomic E-state index is 5.53. The van der Waals surface area contributed by atoms with E-state index in [2.05, 4.69) is 31.4 Å². The summed E-state index contributed by atoms with van der Waals surface area (Å²) in [7, 11) is 0. The second-order valence-electron chi connectivity index (χ2n) is 3.25. The Kier molecular flexibility index (Phi) is 2.56. The molecule has 0 unspecified atom stereocenters. The number of aromatic nitrogens is 2. The van der Waals surface area contributed by atoms with Crippen molar-refractivity contribution in [3.63, 3.8) is 0 Å². The number of imidazole rings is 1. The molecule has 14 heavy (non-hydrogen) atoms. The Balaban J connectivity index is 2.65. The molecule has 2 N–H and O–H groups in total. The summed E-state index contributed by atoms with van der Waals surface area (Å²) < 4.78 is 3.14. The largest absolute Gasteiger partial charge is 0.330 e. The van der Waals surface area contributed by atoms with Gasteiger partial charge in [0, 0.05) is 17.1 Å². The number of nitrogens with zero attached hydrogens (tertiary/aromatic N) is 2. The first kappa shape index (κ1) is 9.68. The van der Waals surface area contributed by atoms with Gasteiger partial charge >= 0.3 is 0 Å². The fraction of sp³-hybridized carbons (Fsp3) is 0.300. The zero-order valence-corrected chi connectivity index (χ0v) is 9.58. The minimum absolute atomic E-state index is 0.641. The number of rotatable bonds is 2. The molecule has 2 rings (SSSR count). The minimum atomic E-state index is 0.641. The number of fused-ring (bicyclic) bond motifs is 1. The Morgan fingerprint density at radius 3 is 3.00 bits per heavy atom. The van der Waals surface area contributed by atoms with E-state index in [0.29, 0.717) is 6.54 Å². The molecule has 0 spiro atoms. The summed E-state index contributed by atoms with van der Waals surface area (Å²) in [4.78, 5) is 4.48. The summed E-state index contributed by atoms with van der Waals surface area (Å²) in [6.45, 7) is 2.64. The first-order chi connectivity index (χ1) is 6.72. The molecule has 0 bridgehead atoms. The molecule has 0 saturated carbocycles. The van der Waals surface area contributed by atoms with Crippen molar-refractivity contribution in [2.45, 2.75) is 13.3 Å². The third-order valence-electron chi connectivity index (χ3n) is 2.23. The number of hydrogen-bond donors (Lipinski definition) is 1. The second-order valence-corrected chi connectivity index (χ2v) is 4.16. The summed E-state index contributed by atoms with van der Waals surface area (Å²) in [5.41, 5.74) is 7.76. The molecule has 4 heteroatoms. The fourth-order valence-corrected chi connectivity index (χ4v) is 1.94. The van der Waals surface area contributed by atoms with Crippen LogP contribution in [0.25, 0.3) is 5.52 Å². The third-order valence-corrected chi connectivity index (χ3v) is 2.70. The lowest BCUT2D eigenvalue weighted by atomic mass is 10.2. The molecule has 2 aromatic heterocycles. The summed E-state index contributed by atoms with van der Waals surface area (Å²) in [5.74, 6) is 1.00. The van der Waals surface area contributed by atoms with Crippen molar-refractivity contribution < 1.29 is 0 Å². The average molecular weight is 254 g/mol. The Morgan fingerprint density at radius 2 is 2.29 bits per heavy atom. The summed E-state index contributed by atoms with van der Waals surface area (Å²) >= 11 is 3.44. The van der Waals surface area contributed by atoms with Crippen molar-refractivity contribution in [2.75, 3.05) is 6.54 Å². The molecule has 2 aromatic rings. The maximum Gasteiger partial charge on any atom is 0.110 e. The number of hydrogen-bond acceptors (Lipinski definition) is 2. The van der Waals surface area contributed by atoms with E-state index in [-0.39, 0.29) is 0 Å². The van der Waals surface area contributed by atoms with E-state index in [1.165, 1.54) is 0 Å². The van der Waals surface area contributed by atoms with E-state index in [1.54, 1.807) is 0 Å². The molecule has 0 aromatic carbocycles. The summed E-state index contributed by atoms with van der Waals surface area (Å²) in [6, 6.07) is 4.09. The molecule has 0 radical (unpaired) electrons. The molecular weight excluding hydrogens is 242 g/mol. The van der Waals surface area contributed by atoms with E-state index in [4.69, 9.17) is 5.73 Å². The van der Waals surface area contributed by atoms with Gasteiger partial charge in [0.1, 0.15) is 5.82 Å². The van der Waals surface area contributed by atoms with Gasteiger partial charge in [0.05, 0.1) is 11.2 Å². The fourth-order valence-electron chi connectivity index (χ4n) is 1.60. The molecule has 2 heterocycles. The zero-order valence-electron chi connectivity index (χ0n) is 8.00. The Morgan fingerprint density at radius 1 is 1.50 bits per heavy atom. The lowest BCUT2D eigenvalue weighted by Gasteiger charge is -1.98. The van der Waals surface area contributed by atoms with Gasteiger partial charge in [-0.25, -0.2) is 4.98 Å². The molecular formula is C10H12BrN3. The van der Waals surface area contributed by atoms with E-state index in [9.17, 15) is 0 Å². The van der Waals surface area contributed by atoms with Gasteiger partial charge in [0.25, 0.3) is 0 Å². The highest BCUT2D eigenvalue weighted by Crippen LogP contribution is 2.17. The smallest absolute Gasteiger partial charge is 0.110 e. The van der Waals surface area contributed by atoms with Crippen molar-refractivity contribution in [3.05, 3.63) is 34.3 Å². The Hall–Kier alpha value is -0.870. The molecule has 0 aliphatic heterocycles. The number of pyridine rings is 1. The first-order valence-corrected chi connectivity index (χ1v) is 5.35. The topological polar surface area (TPSA) is 43.3 Å². The minimum Gasteiger partial charge on any atom is -0.330 e. The third kappa shape index (κ3) is 1.55. The van der Waals surface area contributed by atoms with Gasteiger partial charge in [-0.05, 0) is 41.5 Å². The highest BCUT2D eigenvalue weighted by atomic mass is 79.9. The van der Waals surface area contributed by atoms with Crippen molar-refractivity contribution in [2.24, 2.45) is 5.73 Å². The van der Waals surface area contributed by atoms with Crippen LogP contribution in [0.4, 0.5) is 0 Å². The Bertz CT molecular complexity index is 462. The molecule has 74 valence electrons. The van der Waals surface area contributed by atoms with Crippen LogP contribution in [0.3, 0.4) is 0 Å². The number of aryl methyl sites for hydroxylation is 1. The number of nitrogens with two attached hydrogens (primary N) is 1. The normalized spacial score (nSPS) is 11.1. The lowest BCUT2D eigenvalue weighted by molar-refractivity contribution is 0.933. The van der Waals surface area contributed by atoms with Crippen LogP contribution >= 0.6 is 15.9 Å². The van der Waals surface area contributed by atoms with Crippen molar-refractivity contribution in [1.29, 1.82) is 0 Å². The first-order valence-electron chi connectivity index (χ1n) is 4.55. The summed E-state index contributed by atoms with van der Waals surface area (Å²) in [5, 5.41) is 0. The molecule has 0 fully saturated rings. The van der Waals surface area contributed by atoms with E-state index in [0.717, 1.165) is 27.9 Å².